The number of hydrogen-bond donors (Lipinski definition) is 1. The quantitative estimate of drug-likeness (QED) is 0.320. The molecule has 33 heavy (non-hydrogen) atoms. The molecule has 0 saturated heterocycles. The van der Waals surface area contributed by atoms with Crippen molar-refractivity contribution in [3.63, 3.8) is 0 Å². The second kappa shape index (κ2) is 8.77. The summed E-state index contributed by atoms with van der Waals surface area (Å²) in [4.78, 5) is 19.7. The fourth-order valence-electron chi connectivity index (χ4n) is 3.43. The summed E-state index contributed by atoms with van der Waals surface area (Å²) < 4.78 is 1.73. The van der Waals surface area contributed by atoms with Crippen LogP contribution in [0.3, 0.4) is 0 Å². The minimum absolute atomic E-state index is 0.627. The van der Waals surface area contributed by atoms with Crippen molar-refractivity contribution < 1.29 is 4.79 Å². The number of aryl methyl sites for hydroxylation is 1. The zero-order valence-electron chi connectivity index (χ0n) is 17.9. The van der Waals surface area contributed by atoms with Crippen molar-refractivity contribution >= 4 is 23.4 Å². The van der Waals surface area contributed by atoms with Gasteiger partial charge in [0.2, 0.25) is 0 Å². The van der Waals surface area contributed by atoms with Gasteiger partial charge >= 0.3 is 0 Å². The van der Waals surface area contributed by atoms with Gasteiger partial charge < -0.3 is 5.32 Å². The average Bonchev–Trinajstić information content (AvgIpc) is 3.25. The van der Waals surface area contributed by atoms with Gasteiger partial charge in [-0.15, -0.1) is 0 Å². The Kier molecular flexibility index (Phi) is 5.36. The largest absolute Gasteiger partial charge is 0.340 e. The van der Waals surface area contributed by atoms with Crippen molar-refractivity contribution in [2.45, 2.75) is 6.92 Å². The van der Waals surface area contributed by atoms with Crippen LogP contribution in [0.2, 0.25) is 0 Å². The van der Waals surface area contributed by atoms with Gasteiger partial charge in [0.25, 0.3) is 0 Å². The Morgan fingerprint density at radius 2 is 1.82 bits per heavy atom. The molecular formula is C27H19N5O. The van der Waals surface area contributed by atoms with Crippen molar-refractivity contribution in [1.29, 1.82) is 0 Å². The fourth-order valence-corrected chi connectivity index (χ4v) is 3.43. The molecule has 0 amide bonds. The van der Waals surface area contributed by atoms with Crippen LogP contribution in [0.15, 0.2) is 85.2 Å². The second-order valence-electron chi connectivity index (χ2n) is 7.55. The van der Waals surface area contributed by atoms with E-state index in [1.54, 1.807) is 29.0 Å². The zero-order valence-corrected chi connectivity index (χ0v) is 17.9. The summed E-state index contributed by atoms with van der Waals surface area (Å²) in [5.74, 6) is 7.08. The monoisotopic (exact) mass is 429 g/mol. The summed E-state index contributed by atoms with van der Waals surface area (Å²) in [6, 6.07) is 23.0. The number of rotatable bonds is 4. The molecule has 0 radical (unpaired) electrons. The first kappa shape index (κ1) is 20.2. The number of aldehydes is 1. The van der Waals surface area contributed by atoms with Crippen molar-refractivity contribution in [1.82, 2.24) is 19.6 Å². The molecule has 6 nitrogen and oxygen atoms in total. The summed E-state index contributed by atoms with van der Waals surface area (Å²) >= 11 is 0. The molecule has 0 atom stereocenters. The van der Waals surface area contributed by atoms with E-state index in [-0.39, 0.29) is 0 Å². The number of carbonyl (C=O) groups excluding carboxylic acids is 1. The van der Waals surface area contributed by atoms with Gasteiger partial charge in [0.1, 0.15) is 17.8 Å². The van der Waals surface area contributed by atoms with Crippen LogP contribution in [0.4, 0.5) is 11.5 Å². The summed E-state index contributed by atoms with van der Waals surface area (Å²) in [5.41, 5.74) is 6.69. The van der Waals surface area contributed by atoms with Crippen molar-refractivity contribution in [3.05, 3.63) is 108 Å². The van der Waals surface area contributed by atoms with E-state index >= 15 is 0 Å². The maximum absolute atomic E-state index is 10.9. The van der Waals surface area contributed by atoms with Crippen LogP contribution >= 0.6 is 0 Å². The lowest BCUT2D eigenvalue weighted by Gasteiger charge is -2.06. The number of fused-ring (bicyclic) bond motifs is 1. The van der Waals surface area contributed by atoms with Gasteiger partial charge in [-0.2, -0.15) is 5.10 Å². The maximum atomic E-state index is 10.9. The van der Waals surface area contributed by atoms with Gasteiger partial charge in [-0.25, -0.2) is 14.5 Å². The van der Waals surface area contributed by atoms with Crippen LogP contribution in [0.1, 0.15) is 27.2 Å². The Hall–Kier alpha value is -4.76. The number of anilines is 2. The Morgan fingerprint density at radius 1 is 0.939 bits per heavy atom. The first-order chi connectivity index (χ1) is 16.2. The van der Waals surface area contributed by atoms with Gasteiger partial charge in [0, 0.05) is 28.6 Å². The molecule has 5 aromatic rings. The van der Waals surface area contributed by atoms with E-state index in [1.165, 1.54) is 5.56 Å². The Bertz CT molecular complexity index is 1520. The van der Waals surface area contributed by atoms with Crippen molar-refractivity contribution in [3.8, 4) is 23.1 Å². The molecule has 0 aliphatic rings. The van der Waals surface area contributed by atoms with E-state index in [1.807, 2.05) is 48.5 Å². The van der Waals surface area contributed by atoms with E-state index in [0.717, 1.165) is 34.6 Å². The van der Waals surface area contributed by atoms with Crippen LogP contribution < -0.4 is 5.32 Å². The van der Waals surface area contributed by atoms with E-state index in [9.17, 15) is 4.79 Å². The molecule has 0 aliphatic carbocycles. The predicted molar refractivity (Wildman–Crippen MR) is 128 cm³/mol. The number of pyridine rings is 1. The predicted octanol–water partition coefficient (Wildman–Crippen LogP) is 5.06. The van der Waals surface area contributed by atoms with Gasteiger partial charge in [-0.3, -0.25) is 4.79 Å². The van der Waals surface area contributed by atoms with Crippen LogP contribution in [0.5, 0.6) is 0 Å². The molecule has 0 saturated carbocycles. The third-order valence-corrected chi connectivity index (χ3v) is 5.09. The number of carbonyl (C=O) groups is 1. The molecular weight excluding hydrogens is 410 g/mol. The topological polar surface area (TPSA) is 72.2 Å². The van der Waals surface area contributed by atoms with E-state index in [2.05, 4.69) is 46.2 Å². The summed E-state index contributed by atoms with van der Waals surface area (Å²) in [6.07, 6.45) is 4.27. The molecule has 0 aliphatic heterocycles. The molecule has 1 N–H and O–H groups in total. The number of nitrogens with one attached hydrogen (secondary N) is 1. The lowest BCUT2D eigenvalue weighted by Crippen LogP contribution is -1.97. The zero-order chi connectivity index (χ0) is 22.6. The first-order valence-electron chi connectivity index (χ1n) is 10.4. The summed E-state index contributed by atoms with van der Waals surface area (Å²) in [7, 11) is 0. The van der Waals surface area contributed by atoms with Gasteiger partial charge in [-0.05, 0) is 54.8 Å². The van der Waals surface area contributed by atoms with Gasteiger partial charge in [0.05, 0.1) is 11.9 Å². The van der Waals surface area contributed by atoms with Crippen LogP contribution in [0.25, 0.3) is 16.9 Å². The molecule has 158 valence electrons. The third-order valence-electron chi connectivity index (χ3n) is 5.09. The molecule has 3 aromatic heterocycles. The molecule has 2 aromatic carbocycles. The van der Waals surface area contributed by atoms with E-state index < -0.39 is 0 Å². The molecule has 0 spiro atoms. The smallest absolute Gasteiger partial charge is 0.154 e. The maximum Gasteiger partial charge on any atom is 0.154 e. The van der Waals surface area contributed by atoms with Gasteiger partial charge in [-0.1, -0.05) is 42.3 Å². The Labute approximate surface area is 191 Å². The molecule has 0 unspecified atom stereocenters. The lowest BCUT2D eigenvalue weighted by atomic mass is 10.1. The molecule has 0 fully saturated rings. The van der Waals surface area contributed by atoms with Crippen LogP contribution in [-0.2, 0) is 0 Å². The highest BCUT2D eigenvalue weighted by atomic mass is 16.1. The summed E-state index contributed by atoms with van der Waals surface area (Å²) in [6.45, 7) is 2.05. The molecule has 5 rings (SSSR count). The van der Waals surface area contributed by atoms with Gasteiger partial charge in [0.15, 0.2) is 5.65 Å². The highest BCUT2D eigenvalue weighted by molar-refractivity contribution is 5.76. The highest BCUT2D eigenvalue weighted by Crippen LogP contribution is 2.19. The van der Waals surface area contributed by atoms with E-state index in [0.29, 0.717) is 16.9 Å². The number of nitrogens with zero attached hydrogens (tertiary/aromatic N) is 4. The van der Waals surface area contributed by atoms with Crippen molar-refractivity contribution in [2.24, 2.45) is 0 Å². The second-order valence-corrected chi connectivity index (χ2v) is 7.55. The first-order valence-corrected chi connectivity index (χ1v) is 10.4. The fraction of sp³-hybridized carbons (Fsp3) is 0.0370. The molecule has 6 heteroatoms. The summed E-state index contributed by atoms with van der Waals surface area (Å²) in [5, 5.41) is 8.00. The number of hydrogen-bond acceptors (Lipinski definition) is 5. The SMILES string of the molecule is Cc1cccc(Nc2cc(C#Cc3cnc4ccc(-c5ccc(C=O)cc5)nn34)ccn2)c1. The average molecular weight is 429 g/mol. The number of benzene rings is 2. The Balaban J connectivity index is 1.43. The van der Waals surface area contributed by atoms with Crippen LogP contribution in [-0.4, -0.2) is 25.9 Å². The normalized spacial score (nSPS) is 10.5. The number of imidazole rings is 1. The van der Waals surface area contributed by atoms with E-state index in [4.69, 9.17) is 5.10 Å². The molecule has 0 bridgehead atoms. The third kappa shape index (κ3) is 4.48. The van der Waals surface area contributed by atoms with Crippen molar-refractivity contribution in [2.75, 3.05) is 5.32 Å². The highest BCUT2D eigenvalue weighted by Gasteiger charge is 2.06. The minimum atomic E-state index is 0.627. The number of aromatic nitrogens is 4. The minimum Gasteiger partial charge on any atom is -0.340 e. The lowest BCUT2D eigenvalue weighted by molar-refractivity contribution is 0.112. The standard InChI is InChI=1S/C27H19N5O/c1-19-3-2-4-23(15-19)30-26-16-20(13-14-28-26)7-10-24-17-29-27-12-11-25(31-32(24)27)22-8-5-21(18-33)6-9-22/h2-6,8-9,11-18H,1H3,(H,28,30). The van der Waals surface area contributed by atoms with Crippen LogP contribution in [0, 0.1) is 18.8 Å². The molecule has 3 heterocycles. The Morgan fingerprint density at radius 3 is 2.64 bits per heavy atom.